The molecule has 4 nitrogen and oxygen atoms in total. The van der Waals surface area contributed by atoms with Gasteiger partial charge in [0.15, 0.2) is 0 Å². The van der Waals surface area contributed by atoms with E-state index in [2.05, 4.69) is 77.1 Å². The molecule has 3 aliphatic rings. The molecule has 0 bridgehead atoms. The molecule has 0 amide bonds. The normalized spacial score (nSPS) is 26.5. The first-order chi connectivity index (χ1) is 15.7. The molecule has 4 heteroatoms. The van der Waals surface area contributed by atoms with Crippen molar-refractivity contribution in [2.45, 2.75) is 58.0 Å². The highest BCUT2D eigenvalue weighted by Gasteiger charge is 2.45. The lowest BCUT2D eigenvalue weighted by atomic mass is 9.85. The lowest BCUT2D eigenvalue weighted by molar-refractivity contribution is 0.262. The van der Waals surface area contributed by atoms with Gasteiger partial charge in [0.05, 0.1) is 11.4 Å². The summed E-state index contributed by atoms with van der Waals surface area (Å²) in [6.45, 7) is 9.14. The fraction of sp³-hybridized carbons (Fsp3) is 0.536. The Balaban J connectivity index is 1.28. The summed E-state index contributed by atoms with van der Waals surface area (Å²) in [5.74, 6) is 3.10. The number of likely N-dealkylation sites (tertiary alicyclic amines) is 1. The minimum atomic E-state index is 0.551. The van der Waals surface area contributed by atoms with E-state index in [1.807, 2.05) is 0 Å². The van der Waals surface area contributed by atoms with Crippen LogP contribution >= 0.6 is 0 Å². The SMILES string of the molecule is CC(C)c1ccc(-c2nc3ccccn3c2CN2CC3CNC(C4CCCC4)C3C2)cc1. The number of hydrogen-bond donors (Lipinski definition) is 1. The van der Waals surface area contributed by atoms with Crippen LogP contribution in [0.2, 0.25) is 0 Å². The van der Waals surface area contributed by atoms with Gasteiger partial charge in [-0.25, -0.2) is 4.98 Å². The highest BCUT2D eigenvalue weighted by Crippen LogP contribution is 2.40. The van der Waals surface area contributed by atoms with Gasteiger partial charge in [-0.2, -0.15) is 0 Å². The van der Waals surface area contributed by atoms with Gasteiger partial charge in [-0.05, 0) is 60.8 Å². The summed E-state index contributed by atoms with van der Waals surface area (Å²) in [5, 5.41) is 3.92. The Morgan fingerprint density at radius 2 is 1.81 bits per heavy atom. The first-order valence-corrected chi connectivity index (χ1v) is 12.7. The second-order valence-electron chi connectivity index (χ2n) is 10.7. The molecule has 0 radical (unpaired) electrons. The van der Waals surface area contributed by atoms with Crippen molar-refractivity contribution in [3.05, 3.63) is 59.9 Å². The maximum absolute atomic E-state index is 5.07. The molecule has 2 aliphatic heterocycles. The quantitative estimate of drug-likeness (QED) is 0.596. The number of nitrogens with one attached hydrogen (secondary N) is 1. The third kappa shape index (κ3) is 3.58. The fourth-order valence-electron chi connectivity index (χ4n) is 6.68. The Bertz CT molecular complexity index is 1080. The van der Waals surface area contributed by atoms with Crippen molar-refractivity contribution in [2.24, 2.45) is 17.8 Å². The van der Waals surface area contributed by atoms with Crippen molar-refractivity contribution in [2.75, 3.05) is 19.6 Å². The minimum Gasteiger partial charge on any atom is -0.313 e. The summed E-state index contributed by atoms with van der Waals surface area (Å²) in [6, 6.07) is 16.2. The predicted molar refractivity (Wildman–Crippen MR) is 131 cm³/mol. The lowest BCUT2D eigenvalue weighted by Gasteiger charge is -2.26. The van der Waals surface area contributed by atoms with Crippen LogP contribution in [-0.4, -0.2) is 40.0 Å². The van der Waals surface area contributed by atoms with E-state index in [1.165, 1.54) is 62.1 Å². The van der Waals surface area contributed by atoms with Gasteiger partial charge in [0.1, 0.15) is 5.65 Å². The van der Waals surface area contributed by atoms with Crippen molar-refractivity contribution in [1.82, 2.24) is 19.6 Å². The molecule has 1 N–H and O–H groups in total. The second kappa shape index (κ2) is 8.31. The predicted octanol–water partition coefficient (Wildman–Crippen LogP) is 5.33. The van der Waals surface area contributed by atoms with Gasteiger partial charge >= 0.3 is 0 Å². The third-order valence-electron chi connectivity index (χ3n) is 8.40. The zero-order valence-electron chi connectivity index (χ0n) is 19.5. The number of imidazole rings is 1. The highest BCUT2D eigenvalue weighted by atomic mass is 15.2. The van der Waals surface area contributed by atoms with E-state index >= 15 is 0 Å². The van der Waals surface area contributed by atoms with Crippen molar-refractivity contribution in [3.63, 3.8) is 0 Å². The van der Waals surface area contributed by atoms with Crippen LogP contribution < -0.4 is 5.32 Å². The van der Waals surface area contributed by atoms with Gasteiger partial charge in [-0.3, -0.25) is 4.90 Å². The maximum Gasteiger partial charge on any atom is 0.137 e. The van der Waals surface area contributed by atoms with E-state index in [0.717, 1.165) is 41.7 Å². The lowest BCUT2D eigenvalue weighted by Crippen LogP contribution is -2.37. The Kier molecular flexibility index (Phi) is 5.31. The molecule has 32 heavy (non-hydrogen) atoms. The molecular formula is C28H36N4. The van der Waals surface area contributed by atoms with Gasteiger partial charge < -0.3 is 9.72 Å². The average Bonchev–Trinajstić information content (AvgIpc) is 3.58. The van der Waals surface area contributed by atoms with E-state index in [-0.39, 0.29) is 0 Å². The van der Waals surface area contributed by atoms with Crippen LogP contribution in [0.1, 0.15) is 56.7 Å². The van der Waals surface area contributed by atoms with Crippen LogP contribution in [0, 0.1) is 17.8 Å². The number of aromatic nitrogens is 2. The summed E-state index contributed by atoms with van der Waals surface area (Å²) in [5.41, 5.74) is 6.16. The molecule has 3 aromatic rings. The molecule has 4 heterocycles. The average molecular weight is 429 g/mol. The minimum absolute atomic E-state index is 0.551. The smallest absolute Gasteiger partial charge is 0.137 e. The van der Waals surface area contributed by atoms with Crippen LogP contribution in [-0.2, 0) is 6.54 Å². The molecule has 168 valence electrons. The Hall–Kier alpha value is -2.17. The van der Waals surface area contributed by atoms with Crippen molar-refractivity contribution >= 4 is 5.65 Å². The van der Waals surface area contributed by atoms with Gasteiger partial charge in [-0.1, -0.05) is 57.0 Å². The van der Waals surface area contributed by atoms with Crippen LogP contribution in [0.3, 0.4) is 0 Å². The summed E-state index contributed by atoms with van der Waals surface area (Å²) in [4.78, 5) is 7.78. The van der Waals surface area contributed by atoms with Crippen molar-refractivity contribution in [3.8, 4) is 11.3 Å². The number of hydrogen-bond acceptors (Lipinski definition) is 3. The van der Waals surface area contributed by atoms with E-state index < -0.39 is 0 Å². The fourth-order valence-corrected chi connectivity index (χ4v) is 6.68. The first-order valence-electron chi connectivity index (χ1n) is 12.7. The van der Waals surface area contributed by atoms with E-state index in [4.69, 9.17) is 4.98 Å². The topological polar surface area (TPSA) is 32.6 Å². The Morgan fingerprint density at radius 1 is 1.00 bits per heavy atom. The van der Waals surface area contributed by atoms with Gasteiger partial charge in [0.2, 0.25) is 0 Å². The summed E-state index contributed by atoms with van der Waals surface area (Å²) in [6.07, 6.45) is 7.92. The standard InChI is InChI=1S/C28H36N4/c1-19(2)20-10-12-22(13-11-20)28-25(32-14-6-5-9-26(32)30-28)18-31-16-23-15-29-27(24(23)17-31)21-7-3-4-8-21/h5-6,9-14,19,21,23-24,27,29H,3-4,7-8,15-18H2,1-2H3. The van der Waals surface area contributed by atoms with E-state index in [0.29, 0.717) is 5.92 Å². The Morgan fingerprint density at radius 3 is 2.59 bits per heavy atom. The van der Waals surface area contributed by atoms with Gasteiger partial charge in [0, 0.05) is 37.4 Å². The number of pyridine rings is 1. The monoisotopic (exact) mass is 428 g/mol. The third-order valence-corrected chi connectivity index (χ3v) is 8.40. The van der Waals surface area contributed by atoms with Crippen LogP contribution in [0.25, 0.3) is 16.9 Å². The molecule has 0 spiro atoms. The highest BCUT2D eigenvalue weighted by molar-refractivity contribution is 5.67. The Labute approximate surface area is 192 Å². The van der Waals surface area contributed by atoms with Gasteiger partial charge in [-0.15, -0.1) is 0 Å². The number of fused-ring (bicyclic) bond motifs is 2. The van der Waals surface area contributed by atoms with Crippen LogP contribution in [0.15, 0.2) is 48.7 Å². The molecular weight excluding hydrogens is 392 g/mol. The van der Waals surface area contributed by atoms with Crippen LogP contribution in [0.4, 0.5) is 0 Å². The molecule has 3 unspecified atom stereocenters. The van der Waals surface area contributed by atoms with Crippen molar-refractivity contribution in [1.29, 1.82) is 0 Å². The second-order valence-corrected chi connectivity index (χ2v) is 10.7. The van der Waals surface area contributed by atoms with Crippen molar-refractivity contribution < 1.29 is 0 Å². The molecule has 1 aliphatic carbocycles. The van der Waals surface area contributed by atoms with E-state index in [1.54, 1.807) is 0 Å². The van der Waals surface area contributed by atoms with Gasteiger partial charge in [0.25, 0.3) is 0 Å². The summed E-state index contributed by atoms with van der Waals surface area (Å²) < 4.78 is 2.31. The molecule has 6 rings (SSSR count). The molecule has 3 atom stereocenters. The largest absolute Gasteiger partial charge is 0.313 e. The molecule has 1 aromatic carbocycles. The summed E-state index contributed by atoms with van der Waals surface area (Å²) in [7, 11) is 0. The van der Waals surface area contributed by atoms with E-state index in [9.17, 15) is 0 Å². The number of benzene rings is 1. The molecule has 3 fully saturated rings. The molecule has 2 saturated heterocycles. The zero-order valence-corrected chi connectivity index (χ0v) is 19.5. The number of rotatable bonds is 5. The number of nitrogens with zero attached hydrogens (tertiary/aromatic N) is 3. The maximum atomic E-state index is 5.07. The zero-order chi connectivity index (χ0) is 21.7. The summed E-state index contributed by atoms with van der Waals surface area (Å²) >= 11 is 0. The first kappa shape index (κ1) is 20.4. The van der Waals surface area contributed by atoms with Crippen LogP contribution in [0.5, 0.6) is 0 Å². The molecule has 1 saturated carbocycles. The molecule has 2 aromatic heterocycles.